The van der Waals surface area contributed by atoms with Crippen LogP contribution in [0.5, 0.6) is 0 Å². The zero-order valence-electron chi connectivity index (χ0n) is 12.5. The number of hydrogen-bond acceptors (Lipinski definition) is 2. The van der Waals surface area contributed by atoms with Crippen molar-refractivity contribution in [2.24, 2.45) is 0 Å². The summed E-state index contributed by atoms with van der Waals surface area (Å²) in [6.07, 6.45) is -1.27. The average Bonchev–Trinajstić information content (AvgIpc) is 2.50. The van der Waals surface area contributed by atoms with Crippen molar-refractivity contribution in [1.82, 2.24) is 4.90 Å². The lowest BCUT2D eigenvalue weighted by Gasteiger charge is -2.46. The molecule has 0 spiro atoms. The quantitative estimate of drug-likeness (QED) is 0.779. The Hall–Kier alpha value is -1.46. The van der Waals surface area contributed by atoms with Crippen molar-refractivity contribution < 1.29 is 14.6 Å². The molecule has 1 aliphatic heterocycles. The highest BCUT2D eigenvalue weighted by atomic mass is 35.5. The topological polar surface area (TPSA) is 49.8 Å². The molecule has 1 saturated heterocycles. The van der Waals surface area contributed by atoms with E-state index in [1.807, 2.05) is 12.1 Å². The number of benzene rings is 2. The fourth-order valence-electron chi connectivity index (χ4n) is 2.70. The van der Waals surface area contributed by atoms with Crippen molar-refractivity contribution in [2.45, 2.75) is 18.8 Å². The summed E-state index contributed by atoms with van der Waals surface area (Å²) in [5.41, 5.74) is 1.66. The van der Waals surface area contributed by atoms with Crippen molar-refractivity contribution in [3.05, 3.63) is 68.7 Å². The maximum Gasteiger partial charge on any atom is 0.407 e. The van der Waals surface area contributed by atoms with E-state index < -0.39 is 12.1 Å². The molecule has 126 valence electrons. The molecule has 24 heavy (non-hydrogen) atoms. The lowest BCUT2D eigenvalue weighted by atomic mass is 9.92. The van der Waals surface area contributed by atoms with Crippen LogP contribution < -0.4 is 0 Å². The van der Waals surface area contributed by atoms with E-state index in [9.17, 15) is 9.90 Å². The number of carboxylic acid groups (broad SMARTS) is 1. The molecule has 3 rings (SSSR count). The Kier molecular flexibility index (Phi) is 5.21. The fraction of sp³-hybridized carbons (Fsp3) is 0.235. The van der Waals surface area contributed by atoms with Gasteiger partial charge < -0.3 is 9.84 Å². The first-order chi connectivity index (χ1) is 11.5. The van der Waals surface area contributed by atoms with E-state index in [1.54, 1.807) is 30.3 Å². The Morgan fingerprint density at radius 3 is 2.42 bits per heavy atom. The van der Waals surface area contributed by atoms with Gasteiger partial charge in [0.15, 0.2) is 0 Å². The molecular weight excluding hydrogens is 373 g/mol. The Bertz CT molecular complexity index is 751. The molecule has 0 aromatic heterocycles. The minimum atomic E-state index is -1.00. The van der Waals surface area contributed by atoms with Crippen molar-refractivity contribution in [3.63, 3.8) is 0 Å². The Morgan fingerprint density at radius 2 is 1.79 bits per heavy atom. The van der Waals surface area contributed by atoms with Gasteiger partial charge in [-0.3, -0.25) is 4.90 Å². The number of nitrogens with zero attached hydrogens (tertiary/aromatic N) is 1. The molecule has 2 atom stereocenters. The van der Waals surface area contributed by atoms with E-state index in [1.165, 1.54) is 4.90 Å². The first-order valence-corrected chi connectivity index (χ1v) is 8.39. The van der Waals surface area contributed by atoms with Gasteiger partial charge in [-0.1, -0.05) is 53.0 Å². The summed E-state index contributed by atoms with van der Waals surface area (Å²) in [6, 6.07) is 11.9. The predicted octanol–water partition coefficient (Wildman–Crippen LogP) is 5.27. The number of carbonyl (C=O) groups is 1. The highest BCUT2D eigenvalue weighted by molar-refractivity contribution is 6.35. The molecule has 0 aliphatic carbocycles. The average molecular weight is 387 g/mol. The van der Waals surface area contributed by atoms with Crippen LogP contribution >= 0.6 is 34.8 Å². The largest absolute Gasteiger partial charge is 0.465 e. The third-order valence-electron chi connectivity index (χ3n) is 3.97. The van der Waals surface area contributed by atoms with Gasteiger partial charge in [-0.25, -0.2) is 4.79 Å². The maximum atomic E-state index is 11.4. The minimum absolute atomic E-state index is 0.268. The predicted molar refractivity (Wildman–Crippen MR) is 94.0 cm³/mol. The fourth-order valence-corrected chi connectivity index (χ4v) is 3.35. The molecule has 2 aromatic carbocycles. The highest BCUT2D eigenvalue weighted by Gasteiger charge is 2.44. The summed E-state index contributed by atoms with van der Waals surface area (Å²) in [6.45, 7) is 0.670. The van der Waals surface area contributed by atoms with Gasteiger partial charge in [0, 0.05) is 15.1 Å². The van der Waals surface area contributed by atoms with E-state index in [0.29, 0.717) is 33.8 Å². The van der Waals surface area contributed by atoms with Gasteiger partial charge in [0.05, 0.1) is 19.2 Å². The number of rotatable bonds is 4. The molecule has 1 N–H and O–H groups in total. The van der Waals surface area contributed by atoms with Crippen LogP contribution in [0.4, 0.5) is 4.79 Å². The lowest BCUT2D eigenvalue weighted by Crippen LogP contribution is -2.56. The second kappa shape index (κ2) is 7.19. The summed E-state index contributed by atoms with van der Waals surface area (Å²) in [4.78, 5) is 12.7. The van der Waals surface area contributed by atoms with Gasteiger partial charge >= 0.3 is 6.09 Å². The SMILES string of the molecule is O=C(O)N1CC(OCc2ccc(Cl)cc2)C1c1ccc(Cl)cc1Cl. The van der Waals surface area contributed by atoms with Gasteiger partial charge in [0.2, 0.25) is 0 Å². The van der Waals surface area contributed by atoms with Crippen molar-refractivity contribution >= 4 is 40.9 Å². The standard InChI is InChI=1S/C17H14Cl3NO3/c18-11-3-1-10(2-4-11)9-24-15-8-21(17(22)23)16(15)13-6-5-12(19)7-14(13)20/h1-7,15-16H,8-9H2,(H,22,23). The molecule has 1 amide bonds. The highest BCUT2D eigenvalue weighted by Crippen LogP contribution is 2.40. The molecule has 0 radical (unpaired) electrons. The van der Waals surface area contributed by atoms with Crippen molar-refractivity contribution in [1.29, 1.82) is 0 Å². The van der Waals surface area contributed by atoms with Crippen LogP contribution in [0.25, 0.3) is 0 Å². The molecule has 1 heterocycles. The van der Waals surface area contributed by atoms with Crippen LogP contribution in [-0.4, -0.2) is 28.7 Å². The Morgan fingerprint density at radius 1 is 1.12 bits per heavy atom. The van der Waals surface area contributed by atoms with Crippen molar-refractivity contribution in [2.75, 3.05) is 6.54 Å². The smallest absolute Gasteiger partial charge is 0.407 e. The molecule has 1 aliphatic rings. The summed E-state index contributed by atoms with van der Waals surface area (Å²) < 4.78 is 5.90. The molecule has 4 nitrogen and oxygen atoms in total. The number of amides is 1. The number of ether oxygens (including phenoxy) is 1. The molecule has 0 saturated carbocycles. The summed E-state index contributed by atoms with van der Waals surface area (Å²) >= 11 is 18.0. The van der Waals surface area contributed by atoms with Crippen LogP contribution in [0.3, 0.4) is 0 Å². The molecule has 2 unspecified atom stereocenters. The summed E-state index contributed by atoms with van der Waals surface area (Å²) in [5.74, 6) is 0. The zero-order valence-corrected chi connectivity index (χ0v) is 14.7. The summed E-state index contributed by atoms with van der Waals surface area (Å²) in [5, 5.41) is 10.9. The minimum Gasteiger partial charge on any atom is -0.465 e. The van der Waals surface area contributed by atoms with Crippen LogP contribution in [0.2, 0.25) is 15.1 Å². The molecule has 0 bridgehead atoms. The van der Waals surface area contributed by atoms with E-state index >= 15 is 0 Å². The maximum absolute atomic E-state index is 11.4. The second-order valence-corrected chi connectivity index (χ2v) is 6.80. The van der Waals surface area contributed by atoms with Gasteiger partial charge in [-0.2, -0.15) is 0 Å². The van der Waals surface area contributed by atoms with Crippen LogP contribution in [0, 0.1) is 0 Å². The van der Waals surface area contributed by atoms with E-state index in [2.05, 4.69) is 0 Å². The number of likely N-dealkylation sites (tertiary alicyclic amines) is 1. The van der Waals surface area contributed by atoms with Crippen LogP contribution in [0.15, 0.2) is 42.5 Å². The first kappa shape index (κ1) is 17.4. The van der Waals surface area contributed by atoms with Crippen LogP contribution in [0.1, 0.15) is 17.2 Å². The third-order valence-corrected chi connectivity index (χ3v) is 4.78. The van der Waals surface area contributed by atoms with Crippen molar-refractivity contribution in [3.8, 4) is 0 Å². The van der Waals surface area contributed by atoms with E-state index in [0.717, 1.165) is 5.56 Å². The van der Waals surface area contributed by atoms with E-state index in [-0.39, 0.29) is 6.10 Å². The lowest BCUT2D eigenvalue weighted by molar-refractivity contribution is -0.0988. The zero-order chi connectivity index (χ0) is 17.3. The van der Waals surface area contributed by atoms with Gasteiger partial charge in [0.1, 0.15) is 6.10 Å². The van der Waals surface area contributed by atoms with Gasteiger partial charge in [0.25, 0.3) is 0 Å². The van der Waals surface area contributed by atoms with Gasteiger partial charge in [-0.05, 0) is 35.4 Å². The van der Waals surface area contributed by atoms with Crippen LogP contribution in [-0.2, 0) is 11.3 Å². The molecule has 2 aromatic rings. The normalized spacial score (nSPS) is 19.9. The number of hydrogen-bond donors (Lipinski definition) is 1. The van der Waals surface area contributed by atoms with Gasteiger partial charge in [-0.15, -0.1) is 0 Å². The molecule has 1 fully saturated rings. The van der Waals surface area contributed by atoms with E-state index in [4.69, 9.17) is 39.5 Å². The third kappa shape index (κ3) is 3.62. The molecular formula is C17H14Cl3NO3. The Labute approximate surface area is 154 Å². The summed E-state index contributed by atoms with van der Waals surface area (Å²) in [7, 11) is 0. The monoisotopic (exact) mass is 385 g/mol. The second-order valence-electron chi connectivity index (χ2n) is 5.52. The first-order valence-electron chi connectivity index (χ1n) is 7.26. The molecule has 7 heteroatoms. The number of halogens is 3. The Balaban J connectivity index is 1.75.